The highest BCUT2D eigenvalue weighted by Crippen LogP contribution is 2.43. The number of methoxy groups -OCH3 is 1. The van der Waals surface area contributed by atoms with E-state index in [1.54, 1.807) is 11.1 Å². The van der Waals surface area contributed by atoms with Crippen LogP contribution in [0.5, 0.6) is 0 Å². The van der Waals surface area contributed by atoms with Gasteiger partial charge in [0.25, 0.3) is 0 Å². The number of aryl methyl sites for hydroxylation is 1. The summed E-state index contributed by atoms with van der Waals surface area (Å²) in [6, 6.07) is 10.3. The van der Waals surface area contributed by atoms with Gasteiger partial charge in [-0.05, 0) is 30.2 Å². The van der Waals surface area contributed by atoms with E-state index in [1.165, 1.54) is 7.11 Å². The number of likely N-dealkylation sites (tertiary alicyclic amines) is 1. The van der Waals surface area contributed by atoms with Crippen LogP contribution >= 0.6 is 0 Å². The van der Waals surface area contributed by atoms with Gasteiger partial charge in [-0.1, -0.05) is 24.3 Å². The number of amides is 3. The monoisotopic (exact) mass is 477 g/mol. The molecule has 10 heteroatoms. The standard InChI is InChI=1S/C25H27N5O5/c1-15-11-16(12-17-14-26-29-21(15)17)13-20(22(31)34-2)27-23(32)30-9-7-25(8-10-30)18-5-3-4-6-19(18)28-24(33)35-25/h3-6,11-12,14,20H,7-10,13H2,1-2H3,(H,26,29)(H,27,32)(H,28,33). The zero-order valence-corrected chi connectivity index (χ0v) is 19.6. The summed E-state index contributed by atoms with van der Waals surface area (Å²) in [5.41, 5.74) is 3.71. The molecule has 10 nitrogen and oxygen atoms in total. The topological polar surface area (TPSA) is 126 Å². The normalized spacial score (nSPS) is 17.3. The van der Waals surface area contributed by atoms with Gasteiger partial charge in [-0.2, -0.15) is 5.10 Å². The number of carbonyl (C=O) groups is 3. The van der Waals surface area contributed by atoms with E-state index in [1.807, 2.05) is 43.3 Å². The number of H-pyrrole nitrogens is 1. The Labute approximate surface area is 202 Å². The Kier molecular flexibility index (Phi) is 5.80. The van der Waals surface area contributed by atoms with Gasteiger partial charge in [0.1, 0.15) is 11.6 Å². The lowest BCUT2D eigenvalue weighted by Gasteiger charge is -2.44. The number of benzene rings is 2. The maximum absolute atomic E-state index is 13.1. The number of para-hydroxylation sites is 1. The zero-order chi connectivity index (χ0) is 24.6. The van der Waals surface area contributed by atoms with Crippen molar-refractivity contribution in [3.05, 3.63) is 59.3 Å². The van der Waals surface area contributed by atoms with Crippen molar-refractivity contribution in [2.45, 2.75) is 37.8 Å². The van der Waals surface area contributed by atoms with Crippen LogP contribution in [0.25, 0.3) is 10.9 Å². The Bertz CT molecular complexity index is 1290. The number of carbonyl (C=O) groups excluding carboxylic acids is 3. The summed E-state index contributed by atoms with van der Waals surface area (Å²) in [4.78, 5) is 39.4. The van der Waals surface area contributed by atoms with Crippen LogP contribution in [0, 0.1) is 6.92 Å². The number of nitrogens with one attached hydrogen (secondary N) is 3. The van der Waals surface area contributed by atoms with Gasteiger partial charge in [0.2, 0.25) is 0 Å². The van der Waals surface area contributed by atoms with Crippen molar-refractivity contribution in [3.8, 4) is 0 Å². The minimum atomic E-state index is -0.843. The summed E-state index contributed by atoms with van der Waals surface area (Å²) in [7, 11) is 1.31. The predicted molar refractivity (Wildman–Crippen MR) is 128 cm³/mol. The molecule has 1 fully saturated rings. The van der Waals surface area contributed by atoms with Crippen molar-refractivity contribution in [2.24, 2.45) is 0 Å². The summed E-state index contributed by atoms with van der Waals surface area (Å²) in [5.74, 6) is -0.516. The highest BCUT2D eigenvalue weighted by Gasteiger charge is 2.45. The molecule has 2 aliphatic heterocycles. The molecule has 0 radical (unpaired) electrons. The van der Waals surface area contributed by atoms with Gasteiger partial charge in [-0.15, -0.1) is 0 Å². The van der Waals surface area contributed by atoms with E-state index in [0.717, 1.165) is 33.3 Å². The van der Waals surface area contributed by atoms with E-state index < -0.39 is 23.7 Å². The third-order valence-electron chi connectivity index (χ3n) is 6.83. The first kappa shape index (κ1) is 22.7. The average Bonchev–Trinajstić information content (AvgIpc) is 3.33. The van der Waals surface area contributed by atoms with Gasteiger partial charge in [0, 0.05) is 43.3 Å². The number of hydrogen-bond acceptors (Lipinski definition) is 6. The molecule has 1 atom stereocenters. The van der Waals surface area contributed by atoms with Crippen LogP contribution in [-0.4, -0.2) is 59.4 Å². The molecule has 1 unspecified atom stereocenters. The highest BCUT2D eigenvalue weighted by molar-refractivity contribution is 5.89. The molecule has 35 heavy (non-hydrogen) atoms. The molecule has 3 aromatic rings. The lowest BCUT2D eigenvalue weighted by Crippen LogP contribution is -2.54. The number of hydrogen-bond donors (Lipinski definition) is 3. The molecule has 5 rings (SSSR count). The summed E-state index contributed by atoms with van der Waals surface area (Å²) >= 11 is 0. The highest BCUT2D eigenvalue weighted by atomic mass is 16.6. The number of esters is 1. The van der Waals surface area contributed by atoms with Crippen LogP contribution in [0.4, 0.5) is 15.3 Å². The van der Waals surface area contributed by atoms with Crippen molar-refractivity contribution in [1.82, 2.24) is 20.4 Å². The van der Waals surface area contributed by atoms with E-state index in [-0.39, 0.29) is 12.5 Å². The molecule has 3 heterocycles. The molecule has 3 N–H and O–H groups in total. The van der Waals surface area contributed by atoms with Crippen molar-refractivity contribution in [2.75, 3.05) is 25.5 Å². The Balaban J connectivity index is 1.28. The Morgan fingerprint density at radius 2 is 2.03 bits per heavy atom. The van der Waals surface area contributed by atoms with Crippen LogP contribution < -0.4 is 10.6 Å². The summed E-state index contributed by atoms with van der Waals surface area (Å²) in [6.07, 6.45) is 2.45. The largest absolute Gasteiger partial charge is 0.467 e. The number of ether oxygens (including phenoxy) is 2. The molecule has 1 aromatic heterocycles. The molecule has 2 aliphatic rings. The maximum atomic E-state index is 13.1. The van der Waals surface area contributed by atoms with Crippen molar-refractivity contribution in [1.29, 1.82) is 0 Å². The van der Waals surface area contributed by atoms with Crippen LogP contribution in [0.15, 0.2) is 42.6 Å². The van der Waals surface area contributed by atoms with E-state index in [4.69, 9.17) is 9.47 Å². The molecule has 0 aliphatic carbocycles. The molecule has 1 saturated heterocycles. The summed E-state index contributed by atoms with van der Waals surface area (Å²) < 4.78 is 10.7. The number of rotatable bonds is 4. The quantitative estimate of drug-likeness (QED) is 0.496. The third-order valence-corrected chi connectivity index (χ3v) is 6.83. The van der Waals surface area contributed by atoms with Gasteiger partial charge >= 0.3 is 18.1 Å². The van der Waals surface area contributed by atoms with Gasteiger partial charge in [0.15, 0.2) is 0 Å². The zero-order valence-electron chi connectivity index (χ0n) is 19.6. The number of aromatic amines is 1. The average molecular weight is 478 g/mol. The number of piperidine rings is 1. The van der Waals surface area contributed by atoms with Gasteiger partial charge in [-0.25, -0.2) is 14.4 Å². The summed E-state index contributed by atoms with van der Waals surface area (Å²) in [5, 5.41) is 13.5. The fourth-order valence-corrected chi connectivity index (χ4v) is 5.04. The second-order valence-electron chi connectivity index (χ2n) is 9.02. The first-order valence-corrected chi connectivity index (χ1v) is 11.5. The number of urea groups is 1. The van der Waals surface area contributed by atoms with Crippen molar-refractivity contribution >= 4 is 34.7 Å². The van der Waals surface area contributed by atoms with Crippen LogP contribution in [0.3, 0.4) is 0 Å². The summed E-state index contributed by atoms with van der Waals surface area (Å²) in [6.45, 7) is 2.72. The SMILES string of the molecule is COC(=O)C(Cc1cc(C)c2[nH]ncc2c1)NC(=O)N1CCC2(CC1)OC(=O)Nc1ccccc12. The molecule has 0 saturated carbocycles. The first-order valence-electron chi connectivity index (χ1n) is 11.5. The van der Waals surface area contributed by atoms with Crippen LogP contribution in [0.1, 0.15) is 29.5 Å². The Hall–Kier alpha value is -4.08. The van der Waals surface area contributed by atoms with Gasteiger partial charge < -0.3 is 19.7 Å². The smallest absolute Gasteiger partial charge is 0.412 e. The maximum Gasteiger partial charge on any atom is 0.412 e. The fraction of sp³-hybridized carbons (Fsp3) is 0.360. The molecular weight excluding hydrogens is 450 g/mol. The molecule has 0 bridgehead atoms. The lowest BCUT2D eigenvalue weighted by atomic mass is 9.82. The number of aromatic nitrogens is 2. The molecule has 182 valence electrons. The minimum absolute atomic E-state index is 0.287. The minimum Gasteiger partial charge on any atom is -0.467 e. The van der Waals surface area contributed by atoms with Crippen molar-refractivity contribution < 1.29 is 23.9 Å². The second-order valence-corrected chi connectivity index (χ2v) is 9.02. The molecule has 3 amide bonds. The molecule has 1 spiro atoms. The van der Waals surface area contributed by atoms with Gasteiger partial charge in [-0.3, -0.25) is 10.4 Å². The number of nitrogens with zero attached hydrogens (tertiary/aromatic N) is 2. The second kappa shape index (κ2) is 8.94. The fourth-order valence-electron chi connectivity index (χ4n) is 5.04. The molecular formula is C25H27N5O5. The van der Waals surface area contributed by atoms with Crippen LogP contribution in [0.2, 0.25) is 0 Å². The lowest BCUT2D eigenvalue weighted by molar-refractivity contribution is -0.142. The molecule has 2 aromatic carbocycles. The van der Waals surface area contributed by atoms with E-state index in [9.17, 15) is 14.4 Å². The van der Waals surface area contributed by atoms with E-state index in [0.29, 0.717) is 25.9 Å². The van der Waals surface area contributed by atoms with E-state index in [2.05, 4.69) is 20.8 Å². The number of fused-ring (bicyclic) bond motifs is 3. The number of anilines is 1. The van der Waals surface area contributed by atoms with Crippen LogP contribution in [-0.2, 0) is 26.3 Å². The van der Waals surface area contributed by atoms with Gasteiger partial charge in [0.05, 0.1) is 24.5 Å². The predicted octanol–water partition coefficient (Wildman–Crippen LogP) is 3.22. The Morgan fingerprint density at radius 3 is 2.80 bits per heavy atom. The first-order chi connectivity index (χ1) is 16.9. The van der Waals surface area contributed by atoms with E-state index >= 15 is 0 Å². The van der Waals surface area contributed by atoms with Crippen molar-refractivity contribution in [3.63, 3.8) is 0 Å². The Morgan fingerprint density at radius 1 is 1.26 bits per heavy atom. The third kappa shape index (κ3) is 4.27.